The van der Waals surface area contributed by atoms with Gasteiger partial charge in [0.15, 0.2) is 5.69 Å². The fraction of sp³-hybridized carbons (Fsp3) is 0.464. The third-order valence-electron chi connectivity index (χ3n) is 7.30. The molecule has 2 fully saturated rings. The summed E-state index contributed by atoms with van der Waals surface area (Å²) in [5.41, 5.74) is 1.51. The number of fused-ring (bicyclic) bond motifs is 1. The molecule has 2 aromatic heterocycles. The minimum atomic E-state index is -0.686. The highest BCUT2D eigenvalue weighted by Gasteiger charge is 2.27. The average molecular weight is 508 g/mol. The summed E-state index contributed by atoms with van der Waals surface area (Å²) in [6.07, 6.45) is 5.19. The molecule has 0 aliphatic carbocycles. The maximum atomic E-state index is 14.6. The molecule has 2 aliphatic rings. The molecule has 0 radical (unpaired) electrons. The van der Waals surface area contributed by atoms with Crippen LogP contribution in [-0.4, -0.2) is 83.0 Å². The van der Waals surface area contributed by atoms with E-state index in [1.807, 2.05) is 11.0 Å². The summed E-state index contributed by atoms with van der Waals surface area (Å²) in [5, 5.41) is 2.76. The molecule has 1 N–H and O–H groups in total. The second-order valence-corrected chi connectivity index (χ2v) is 9.99. The lowest BCUT2D eigenvalue weighted by molar-refractivity contribution is -0.134. The standard InChI is InChI=1S/C28H34FN5O3/c29-27-26(31-24-9-4-5-13-34(24)27)28(36)30-18-23-19-32(12-6-16-37-23)20-25(35)33-14-10-22(11-15-33)17-21-7-2-1-3-8-21/h1-5,7-9,13,22-23H,6,10-12,14-20H2,(H,30,36). The van der Waals surface area contributed by atoms with Gasteiger partial charge in [0, 0.05) is 45.5 Å². The quantitative estimate of drug-likeness (QED) is 0.532. The number of benzene rings is 1. The summed E-state index contributed by atoms with van der Waals surface area (Å²) >= 11 is 0. The van der Waals surface area contributed by atoms with E-state index in [1.165, 1.54) is 16.2 Å². The molecule has 0 bridgehead atoms. The maximum Gasteiger partial charge on any atom is 0.274 e. The molecule has 1 atom stereocenters. The number of carbonyl (C=O) groups excluding carboxylic acids is 2. The van der Waals surface area contributed by atoms with E-state index in [-0.39, 0.29) is 24.2 Å². The first-order chi connectivity index (χ1) is 18.1. The van der Waals surface area contributed by atoms with Gasteiger partial charge < -0.3 is 15.0 Å². The van der Waals surface area contributed by atoms with Gasteiger partial charge in [-0.15, -0.1) is 0 Å². The predicted octanol–water partition coefficient (Wildman–Crippen LogP) is 2.78. The van der Waals surface area contributed by atoms with Crippen LogP contribution >= 0.6 is 0 Å². The molecule has 8 nitrogen and oxygen atoms in total. The van der Waals surface area contributed by atoms with Crippen molar-refractivity contribution in [3.05, 3.63) is 71.9 Å². The molecule has 5 rings (SSSR count). The maximum absolute atomic E-state index is 14.6. The van der Waals surface area contributed by atoms with E-state index in [9.17, 15) is 14.0 Å². The van der Waals surface area contributed by atoms with E-state index in [0.717, 1.165) is 45.3 Å². The normalized spacial score (nSPS) is 19.6. The highest BCUT2D eigenvalue weighted by Crippen LogP contribution is 2.22. The Labute approximate surface area is 216 Å². The molecule has 2 aliphatic heterocycles. The Morgan fingerprint density at radius 2 is 1.84 bits per heavy atom. The molecule has 9 heteroatoms. The number of nitrogens with one attached hydrogen (secondary N) is 1. The number of likely N-dealkylation sites (tertiary alicyclic amines) is 1. The van der Waals surface area contributed by atoms with Gasteiger partial charge in [-0.2, -0.15) is 4.39 Å². The van der Waals surface area contributed by atoms with E-state index in [2.05, 4.69) is 39.5 Å². The molecule has 2 saturated heterocycles. The summed E-state index contributed by atoms with van der Waals surface area (Å²) in [6.45, 7) is 4.01. The van der Waals surface area contributed by atoms with Crippen molar-refractivity contribution in [3.8, 4) is 0 Å². The zero-order valence-corrected chi connectivity index (χ0v) is 21.0. The molecular formula is C28H34FN5O3. The largest absolute Gasteiger partial charge is 0.375 e. The molecule has 2 amide bonds. The van der Waals surface area contributed by atoms with Crippen LogP contribution in [0.3, 0.4) is 0 Å². The molecule has 3 aromatic rings. The van der Waals surface area contributed by atoms with Gasteiger partial charge in [-0.05, 0) is 49.3 Å². The lowest BCUT2D eigenvalue weighted by Crippen LogP contribution is -2.47. The van der Waals surface area contributed by atoms with Gasteiger partial charge in [0.05, 0.1) is 12.6 Å². The van der Waals surface area contributed by atoms with Crippen molar-refractivity contribution in [2.24, 2.45) is 5.92 Å². The van der Waals surface area contributed by atoms with Crippen LogP contribution in [0.5, 0.6) is 0 Å². The van der Waals surface area contributed by atoms with E-state index in [1.54, 1.807) is 18.2 Å². The zero-order chi connectivity index (χ0) is 25.6. The summed E-state index contributed by atoms with van der Waals surface area (Å²) in [4.78, 5) is 33.9. The first kappa shape index (κ1) is 25.4. The van der Waals surface area contributed by atoms with Gasteiger partial charge in [-0.1, -0.05) is 36.4 Å². The molecule has 4 heterocycles. The number of imidazole rings is 1. The van der Waals surface area contributed by atoms with E-state index in [4.69, 9.17) is 4.74 Å². The van der Waals surface area contributed by atoms with E-state index >= 15 is 0 Å². The molecule has 1 unspecified atom stereocenters. The van der Waals surface area contributed by atoms with Crippen LogP contribution in [0.1, 0.15) is 35.3 Å². The Morgan fingerprint density at radius 3 is 2.62 bits per heavy atom. The third kappa shape index (κ3) is 6.34. The summed E-state index contributed by atoms with van der Waals surface area (Å²) in [7, 11) is 0. The Hall–Kier alpha value is -3.30. The van der Waals surface area contributed by atoms with Gasteiger partial charge in [0.2, 0.25) is 11.9 Å². The minimum absolute atomic E-state index is 0.148. The van der Waals surface area contributed by atoms with Gasteiger partial charge in [-0.3, -0.25) is 18.9 Å². The smallest absolute Gasteiger partial charge is 0.274 e. The molecule has 0 saturated carbocycles. The van der Waals surface area contributed by atoms with Crippen molar-refractivity contribution in [2.75, 3.05) is 45.9 Å². The number of rotatable bonds is 7. The Balaban J connectivity index is 1.09. The molecule has 196 valence electrons. The zero-order valence-electron chi connectivity index (χ0n) is 21.0. The Bertz CT molecular complexity index is 1210. The second kappa shape index (κ2) is 11.8. The van der Waals surface area contributed by atoms with Crippen LogP contribution in [0.2, 0.25) is 0 Å². The Kier molecular flexibility index (Phi) is 8.11. The van der Waals surface area contributed by atoms with Crippen molar-refractivity contribution in [3.63, 3.8) is 0 Å². The fourth-order valence-corrected chi connectivity index (χ4v) is 5.26. The second-order valence-electron chi connectivity index (χ2n) is 9.99. The van der Waals surface area contributed by atoms with Gasteiger partial charge in [0.25, 0.3) is 5.91 Å². The van der Waals surface area contributed by atoms with Crippen LogP contribution in [-0.2, 0) is 16.0 Å². The lowest BCUT2D eigenvalue weighted by atomic mass is 9.90. The average Bonchev–Trinajstić information content (AvgIpc) is 3.10. The van der Waals surface area contributed by atoms with E-state index < -0.39 is 11.9 Å². The molecular weight excluding hydrogens is 473 g/mol. The number of pyridine rings is 1. The van der Waals surface area contributed by atoms with Gasteiger partial charge >= 0.3 is 0 Å². The van der Waals surface area contributed by atoms with Crippen LogP contribution in [0.4, 0.5) is 4.39 Å². The SMILES string of the molecule is O=C(NCC1CN(CC(=O)N2CCC(Cc3ccccc3)CC2)CCCO1)c1nc2ccccn2c1F. The van der Waals surface area contributed by atoms with Gasteiger partial charge in [-0.25, -0.2) is 4.98 Å². The monoisotopic (exact) mass is 507 g/mol. The number of hydrogen-bond donors (Lipinski definition) is 1. The van der Waals surface area contributed by atoms with Crippen molar-refractivity contribution >= 4 is 17.5 Å². The minimum Gasteiger partial charge on any atom is -0.375 e. The Morgan fingerprint density at radius 1 is 1.05 bits per heavy atom. The molecule has 0 spiro atoms. The molecule has 1 aromatic carbocycles. The molecule has 37 heavy (non-hydrogen) atoms. The highest BCUT2D eigenvalue weighted by atomic mass is 19.1. The van der Waals surface area contributed by atoms with Gasteiger partial charge in [0.1, 0.15) is 5.65 Å². The number of piperidine rings is 1. The first-order valence-corrected chi connectivity index (χ1v) is 13.1. The first-order valence-electron chi connectivity index (χ1n) is 13.1. The number of ether oxygens (including phenoxy) is 1. The number of carbonyl (C=O) groups is 2. The number of amides is 2. The van der Waals surface area contributed by atoms with Crippen LogP contribution < -0.4 is 5.32 Å². The van der Waals surface area contributed by atoms with Crippen LogP contribution in [0.25, 0.3) is 5.65 Å². The highest BCUT2D eigenvalue weighted by molar-refractivity contribution is 5.93. The summed E-state index contributed by atoms with van der Waals surface area (Å²) < 4.78 is 21.7. The lowest BCUT2D eigenvalue weighted by Gasteiger charge is -2.34. The van der Waals surface area contributed by atoms with Crippen molar-refractivity contribution in [2.45, 2.75) is 31.8 Å². The van der Waals surface area contributed by atoms with E-state index in [0.29, 0.717) is 31.3 Å². The van der Waals surface area contributed by atoms with Crippen molar-refractivity contribution < 1.29 is 18.7 Å². The topological polar surface area (TPSA) is 79.2 Å². The number of halogens is 1. The van der Waals surface area contributed by atoms with Crippen molar-refractivity contribution in [1.82, 2.24) is 24.5 Å². The predicted molar refractivity (Wildman–Crippen MR) is 138 cm³/mol. The van der Waals surface area contributed by atoms with Crippen molar-refractivity contribution in [1.29, 1.82) is 0 Å². The summed E-state index contributed by atoms with van der Waals surface area (Å²) in [6, 6.07) is 15.6. The number of nitrogens with zero attached hydrogens (tertiary/aromatic N) is 4. The summed E-state index contributed by atoms with van der Waals surface area (Å²) in [5.74, 6) is -0.497. The fourth-order valence-electron chi connectivity index (χ4n) is 5.26. The van der Waals surface area contributed by atoms with Crippen LogP contribution in [0, 0.1) is 11.9 Å². The number of hydrogen-bond acceptors (Lipinski definition) is 5. The third-order valence-corrected chi connectivity index (χ3v) is 7.30. The number of aromatic nitrogens is 2. The van der Waals surface area contributed by atoms with Crippen LogP contribution in [0.15, 0.2) is 54.7 Å².